The van der Waals surface area contributed by atoms with Gasteiger partial charge in [-0.2, -0.15) is 0 Å². The van der Waals surface area contributed by atoms with Gasteiger partial charge in [0.05, 0.1) is 5.56 Å². The fourth-order valence-electron chi connectivity index (χ4n) is 1.88. The first kappa shape index (κ1) is 14.0. The number of ether oxygens (including phenoxy) is 1. The lowest BCUT2D eigenvalue weighted by atomic mass is 10.1. The molecular weight excluding hydrogens is 255 g/mol. The zero-order valence-electron chi connectivity index (χ0n) is 11.4. The highest BCUT2D eigenvalue weighted by Gasteiger charge is 2.14. The lowest BCUT2D eigenvalue weighted by Gasteiger charge is -2.10. The molecule has 0 bridgehead atoms. The van der Waals surface area contributed by atoms with Crippen molar-refractivity contribution in [2.24, 2.45) is 0 Å². The molecule has 0 unspecified atom stereocenters. The molecule has 0 N–H and O–H groups in total. The molecule has 0 spiro atoms. The molecule has 2 rings (SSSR count). The fraction of sp³-hybridized carbons (Fsp3) is 0.118. The van der Waals surface area contributed by atoms with Crippen LogP contribution in [0.25, 0.3) is 6.08 Å². The van der Waals surface area contributed by atoms with Gasteiger partial charge in [-0.25, -0.2) is 9.18 Å². The Bertz CT molecular complexity index is 660. The molecule has 0 aliphatic heterocycles. The van der Waals surface area contributed by atoms with E-state index in [1.165, 1.54) is 18.2 Å². The zero-order valence-corrected chi connectivity index (χ0v) is 11.4. The summed E-state index contributed by atoms with van der Waals surface area (Å²) in [6.45, 7) is 3.77. The van der Waals surface area contributed by atoms with Crippen LogP contribution >= 0.6 is 0 Å². The Morgan fingerprint density at radius 3 is 2.60 bits per heavy atom. The Kier molecular flexibility index (Phi) is 4.31. The molecule has 0 amide bonds. The minimum atomic E-state index is -0.691. The summed E-state index contributed by atoms with van der Waals surface area (Å²) in [5.74, 6) is -0.836. The zero-order chi connectivity index (χ0) is 14.5. The highest BCUT2D eigenvalue weighted by molar-refractivity contribution is 5.91. The molecule has 0 radical (unpaired) electrons. The van der Waals surface area contributed by atoms with Crippen LogP contribution in [-0.4, -0.2) is 5.97 Å². The van der Waals surface area contributed by atoms with Gasteiger partial charge in [0.1, 0.15) is 11.6 Å². The van der Waals surface area contributed by atoms with Gasteiger partial charge in [-0.3, -0.25) is 0 Å². The van der Waals surface area contributed by atoms with Gasteiger partial charge in [-0.15, -0.1) is 0 Å². The molecule has 0 saturated heterocycles. The molecule has 0 aliphatic rings. The second-order valence-corrected chi connectivity index (χ2v) is 4.34. The van der Waals surface area contributed by atoms with Crippen LogP contribution in [0, 0.1) is 12.7 Å². The van der Waals surface area contributed by atoms with Crippen molar-refractivity contribution < 1.29 is 13.9 Å². The third-order valence-electron chi connectivity index (χ3n) is 2.97. The average molecular weight is 270 g/mol. The number of esters is 1. The Morgan fingerprint density at radius 1 is 1.15 bits per heavy atom. The summed E-state index contributed by atoms with van der Waals surface area (Å²) in [5.41, 5.74) is 1.74. The van der Waals surface area contributed by atoms with Crippen molar-refractivity contribution in [1.29, 1.82) is 0 Å². The Balaban J connectivity index is 2.29. The Hall–Kier alpha value is -2.42. The molecule has 102 valence electrons. The third-order valence-corrected chi connectivity index (χ3v) is 2.97. The van der Waals surface area contributed by atoms with Gasteiger partial charge in [0.2, 0.25) is 0 Å². The monoisotopic (exact) mass is 270 g/mol. The van der Waals surface area contributed by atoms with Crippen LogP contribution in [0.1, 0.15) is 28.4 Å². The number of carbonyl (C=O) groups excluding carboxylic acids is 1. The van der Waals surface area contributed by atoms with Gasteiger partial charge in [0, 0.05) is 0 Å². The number of rotatable bonds is 3. The summed E-state index contributed by atoms with van der Waals surface area (Å²) < 4.78 is 18.8. The highest BCUT2D eigenvalue weighted by Crippen LogP contribution is 2.23. The number of allylic oxidation sites excluding steroid dienone is 1. The maximum absolute atomic E-state index is 13.5. The summed E-state index contributed by atoms with van der Waals surface area (Å²) in [5, 5.41) is 0. The molecule has 0 fully saturated rings. The minimum absolute atomic E-state index is 0.0664. The van der Waals surface area contributed by atoms with Gasteiger partial charge in [0.25, 0.3) is 0 Å². The summed E-state index contributed by atoms with van der Waals surface area (Å²) >= 11 is 0. The molecule has 20 heavy (non-hydrogen) atoms. The normalized spacial score (nSPS) is 10.8. The summed E-state index contributed by atoms with van der Waals surface area (Å²) in [7, 11) is 0. The topological polar surface area (TPSA) is 26.3 Å². The number of carbonyl (C=O) groups is 1. The first-order chi connectivity index (χ1) is 9.63. The molecule has 3 heteroatoms. The van der Waals surface area contributed by atoms with E-state index in [9.17, 15) is 9.18 Å². The predicted octanol–water partition coefficient (Wildman–Crippen LogP) is 4.39. The lowest BCUT2D eigenvalue weighted by molar-refractivity contribution is 0.0728. The van der Waals surface area contributed by atoms with Crippen LogP contribution in [0.5, 0.6) is 5.75 Å². The minimum Gasteiger partial charge on any atom is -0.423 e. The Labute approximate surface area is 117 Å². The van der Waals surface area contributed by atoms with E-state index in [0.29, 0.717) is 5.75 Å². The third kappa shape index (κ3) is 2.94. The van der Waals surface area contributed by atoms with Crippen LogP contribution in [-0.2, 0) is 0 Å². The standard InChI is InChI=1S/C17H15FO2/c1-3-7-13-8-6-11-16(12(13)2)20-17(19)14-9-4-5-10-15(14)18/h3-11H,1-2H3/b7-3-. The molecule has 2 aromatic rings. The molecule has 0 aliphatic carbocycles. The average Bonchev–Trinajstić information content (AvgIpc) is 2.44. The van der Waals surface area contributed by atoms with Crippen molar-refractivity contribution in [1.82, 2.24) is 0 Å². The maximum atomic E-state index is 13.5. The molecular formula is C17H15FO2. The number of benzene rings is 2. The lowest BCUT2D eigenvalue weighted by Crippen LogP contribution is -2.11. The number of hydrogen-bond donors (Lipinski definition) is 0. The van der Waals surface area contributed by atoms with E-state index < -0.39 is 11.8 Å². The molecule has 2 aromatic carbocycles. The van der Waals surface area contributed by atoms with Crippen molar-refractivity contribution in [3.63, 3.8) is 0 Å². The second kappa shape index (κ2) is 6.15. The highest BCUT2D eigenvalue weighted by atomic mass is 19.1. The molecule has 0 aromatic heterocycles. The number of halogens is 1. The molecule has 0 saturated carbocycles. The van der Waals surface area contributed by atoms with E-state index in [0.717, 1.165) is 11.1 Å². The molecule has 0 atom stereocenters. The van der Waals surface area contributed by atoms with Crippen molar-refractivity contribution in [2.75, 3.05) is 0 Å². The van der Waals surface area contributed by atoms with Crippen LogP contribution in [0.4, 0.5) is 4.39 Å². The summed E-state index contributed by atoms with van der Waals surface area (Å²) in [6, 6.07) is 11.2. The van der Waals surface area contributed by atoms with Gasteiger partial charge >= 0.3 is 5.97 Å². The van der Waals surface area contributed by atoms with E-state index in [4.69, 9.17) is 4.74 Å². The quantitative estimate of drug-likeness (QED) is 0.611. The summed E-state index contributed by atoms with van der Waals surface area (Å²) in [6.07, 6.45) is 3.83. The van der Waals surface area contributed by atoms with Gasteiger partial charge < -0.3 is 4.74 Å². The van der Waals surface area contributed by atoms with E-state index >= 15 is 0 Å². The van der Waals surface area contributed by atoms with Crippen molar-refractivity contribution >= 4 is 12.0 Å². The van der Waals surface area contributed by atoms with E-state index in [1.807, 2.05) is 32.1 Å². The smallest absolute Gasteiger partial charge is 0.346 e. The van der Waals surface area contributed by atoms with Crippen LogP contribution in [0.15, 0.2) is 48.5 Å². The first-order valence-electron chi connectivity index (χ1n) is 6.32. The van der Waals surface area contributed by atoms with Gasteiger partial charge in [-0.05, 0) is 43.2 Å². The Morgan fingerprint density at radius 2 is 1.90 bits per heavy atom. The van der Waals surface area contributed by atoms with Gasteiger partial charge in [-0.1, -0.05) is 36.4 Å². The molecule has 2 nitrogen and oxygen atoms in total. The van der Waals surface area contributed by atoms with Crippen molar-refractivity contribution in [2.45, 2.75) is 13.8 Å². The van der Waals surface area contributed by atoms with Gasteiger partial charge in [0.15, 0.2) is 0 Å². The fourth-order valence-corrected chi connectivity index (χ4v) is 1.88. The maximum Gasteiger partial charge on any atom is 0.346 e. The van der Waals surface area contributed by atoms with Crippen molar-refractivity contribution in [3.8, 4) is 5.75 Å². The largest absolute Gasteiger partial charge is 0.423 e. The SMILES string of the molecule is C/C=C\c1cccc(OC(=O)c2ccccc2F)c1C. The first-order valence-corrected chi connectivity index (χ1v) is 6.32. The van der Waals surface area contributed by atoms with E-state index in [1.54, 1.807) is 18.2 Å². The van der Waals surface area contributed by atoms with E-state index in [2.05, 4.69) is 0 Å². The second-order valence-electron chi connectivity index (χ2n) is 4.34. The predicted molar refractivity (Wildman–Crippen MR) is 77.2 cm³/mol. The van der Waals surface area contributed by atoms with Crippen LogP contribution in [0.3, 0.4) is 0 Å². The number of hydrogen-bond acceptors (Lipinski definition) is 2. The molecule has 0 heterocycles. The van der Waals surface area contributed by atoms with E-state index in [-0.39, 0.29) is 5.56 Å². The van der Waals surface area contributed by atoms with Crippen LogP contribution < -0.4 is 4.74 Å². The van der Waals surface area contributed by atoms with Crippen LogP contribution in [0.2, 0.25) is 0 Å². The van der Waals surface area contributed by atoms with Crippen molar-refractivity contribution in [3.05, 3.63) is 71.0 Å². The summed E-state index contributed by atoms with van der Waals surface area (Å²) in [4.78, 5) is 12.0.